The SMILES string of the molecule is COc1cc2c(cc1CN=C(N)N1CCCCCC1)OC(C)C2. The number of ether oxygens (including phenoxy) is 2. The predicted octanol–water partition coefficient (Wildman–Crippen LogP) is 2.71. The van der Waals surface area contributed by atoms with Gasteiger partial charge in [-0.1, -0.05) is 12.8 Å². The molecule has 23 heavy (non-hydrogen) atoms. The summed E-state index contributed by atoms with van der Waals surface area (Å²) in [5, 5.41) is 0. The molecule has 0 bridgehead atoms. The number of nitrogens with two attached hydrogens (primary N) is 1. The van der Waals surface area contributed by atoms with Crippen molar-refractivity contribution in [3.05, 3.63) is 23.3 Å². The molecule has 1 aromatic rings. The smallest absolute Gasteiger partial charge is 0.191 e. The molecule has 3 rings (SSSR count). The van der Waals surface area contributed by atoms with Gasteiger partial charge in [-0.15, -0.1) is 0 Å². The third-order valence-electron chi connectivity index (χ3n) is 4.64. The molecule has 2 N–H and O–H groups in total. The van der Waals surface area contributed by atoms with Gasteiger partial charge in [0.25, 0.3) is 0 Å². The van der Waals surface area contributed by atoms with Crippen LogP contribution in [0.25, 0.3) is 0 Å². The molecular weight excluding hydrogens is 290 g/mol. The summed E-state index contributed by atoms with van der Waals surface area (Å²) in [6, 6.07) is 4.13. The minimum atomic E-state index is 0.232. The number of nitrogens with zero attached hydrogens (tertiary/aromatic N) is 2. The number of aliphatic imine (C=N–C) groups is 1. The molecule has 0 spiro atoms. The Kier molecular flexibility index (Phi) is 4.94. The van der Waals surface area contributed by atoms with Gasteiger partial charge < -0.3 is 20.1 Å². The van der Waals surface area contributed by atoms with Crippen molar-refractivity contribution in [3.8, 4) is 11.5 Å². The molecule has 0 saturated carbocycles. The highest BCUT2D eigenvalue weighted by atomic mass is 16.5. The molecule has 1 aromatic carbocycles. The van der Waals surface area contributed by atoms with E-state index in [2.05, 4.69) is 28.9 Å². The highest BCUT2D eigenvalue weighted by Crippen LogP contribution is 2.35. The standard InChI is InChI=1S/C18H27N3O2/c1-13-9-14-10-16(22-2)15(11-17(14)23-13)12-20-18(19)21-7-5-3-4-6-8-21/h10-11,13H,3-9,12H2,1-2H3,(H2,19,20). The van der Waals surface area contributed by atoms with E-state index < -0.39 is 0 Å². The molecular formula is C18H27N3O2. The fraction of sp³-hybridized carbons (Fsp3) is 0.611. The highest BCUT2D eigenvalue weighted by Gasteiger charge is 2.21. The monoisotopic (exact) mass is 317 g/mol. The van der Waals surface area contributed by atoms with E-state index in [-0.39, 0.29) is 6.10 Å². The number of fused-ring (bicyclic) bond motifs is 1. The van der Waals surface area contributed by atoms with Crippen LogP contribution in [0.15, 0.2) is 17.1 Å². The van der Waals surface area contributed by atoms with E-state index in [9.17, 15) is 0 Å². The molecule has 126 valence electrons. The van der Waals surface area contributed by atoms with E-state index in [0.717, 1.165) is 36.6 Å². The lowest BCUT2D eigenvalue weighted by atomic mass is 10.1. The van der Waals surface area contributed by atoms with Crippen molar-refractivity contribution in [3.63, 3.8) is 0 Å². The Hall–Kier alpha value is -1.91. The third kappa shape index (κ3) is 3.71. The Morgan fingerprint density at radius 3 is 2.74 bits per heavy atom. The first kappa shape index (κ1) is 16.0. The van der Waals surface area contributed by atoms with Gasteiger partial charge >= 0.3 is 0 Å². The van der Waals surface area contributed by atoms with Crippen molar-refractivity contribution in [1.82, 2.24) is 4.90 Å². The molecule has 1 saturated heterocycles. The van der Waals surface area contributed by atoms with Gasteiger partial charge in [0.1, 0.15) is 17.6 Å². The Morgan fingerprint density at radius 1 is 1.30 bits per heavy atom. The Balaban J connectivity index is 1.74. The van der Waals surface area contributed by atoms with E-state index in [0.29, 0.717) is 12.5 Å². The normalized spacial score (nSPS) is 21.6. The molecule has 0 radical (unpaired) electrons. The van der Waals surface area contributed by atoms with Gasteiger partial charge in [-0.3, -0.25) is 0 Å². The van der Waals surface area contributed by atoms with Crippen LogP contribution in [-0.4, -0.2) is 37.2 Å². The van der Waals surface area contributed by atoms with Crippen molar-refractivity contribution in [2.45, 2.75) is 51.7 Å². The van der Waals surface area contributed by atoms with Crippen molar-refractivity contribution >= 4 is 5.96 Å². The van der Waals surface area contributed by atoms with Gasteiger partial charge in [0.05, 0.1) is 13.7 Å². The first-order valence-electron chi connectivity index (χ1n) is 8.58. The first-order valence-corrected chi connectivity index (χ1v) is 8.58. The molecule has 0 aromatic heterocycles. The second-order valence-corrected chi connectivity index (χ2v) is 6.48. The van der Waals surface area contributed by atoms with Crippen LogP contribution in [0, 0.1) is 0 Å². The molecule has 1 unspecified atom stereocenters. The Bertz CT molecular complexity index is 578. The molecule has 0 amide bonds. The summed E-state index contributed by atoms with van der Waals surface area (Å²) in [4.78, 5) is 6.80. The van der Waals surface area contributed by atoms with Gasteiger partial charge in [0.2, 0.25) is 0 Å². The fourth-order valence-electron chi connectivity index (χ4n) is 3.36. The van der Waals surface area contributed by atoms with Crippen molar-refractivity contribution < 1.29 is 9.47 Å². The maximum atomic E-state index is 6.20. The molecule has 2 heterocycles. The second-order valence-electron chi connectivity index (χ2n) is 6.48. The topological polar surface area (TPSA) is 60.1 Å². The molecule has 5 heteroatoms. The highest BCUT2D eigenvalue weighted by molar-refractivity contribution is 5.78. The predicted molar refractivity (Wildman–Crippen MR) is 92.2 cm³/mol. The average Bonchev–Trinajstić information content (AvgIpc) is 2.75. The lowest BCUT2D eigenvalue weighted by molar-refractivity contribution is 0.254. The second kappa shape index (κ2) is 7.11. The van der Waals surface area contributed by atoms with Crippen LogP contribution in [0.2, 0.25) is 0 Å². The molecule has 5 nitrogen and oxygen atoms in total. The number of hydrogen-bond donors (Lipinski definition) is 1. The molecule has 0 aliphatic carbocycles. The number of benzene rings is 1. The molecule has 2 aliphatic rings. The molecule has 1 fully saturated rings. The maximum absolute atomic E-state index is 6.20. The van der Waals surface area contributed by atoms with Crippen LogP contribution >= 0.6 is 0 Å². The quantitative estimate of drug-likeness (QED) is 0.688. The van der Waals surface area contributed by atoms with Crippen LogP contribution in [0.4, 0.5) is 0 Å². The summed E-state index contributed by atoms with van der Waals surface area (Å²) >= 11 is 0. The summed E-state index contributed by atoms with van der Waals surface area (Å²) in [6.45, 7) is 4.63. The average molecular weight is 317 g/mol. The maximum Gasteiger partial charge on any atom is 0.191 e. The summed E-state index contributed by atoms with van der Waals surface area (Å²) in [5.41, 5.74) is 8.43. The summed E-state index contributed by atoms with van der Waals surface area (Å²) in [7, 11) is 1.70. The fourth-order valence-corrected chi connectivity index (χ4v) is 3.36. The van der Waals surface area contributed by atoms with E-state index in [4.69, 9.17) is 15.2 Å². The minimum Gasteiger partial charge on any atom is -0.496 e. The van der Waals surface area contributed by atoms with Crippen LogP contribution in [0.1, 0.15) is 43.7 Å². The molecule has 1 atom stereocenters. The number of rotatable bonds is 3. The van der Waals surface area contributed by atoms with Gasteiger partial charge in [-0.2, -0.15) is 0 Å². The van der Waals surface area contributed by atoms with E-state index in [1.165, 1.54) is 31.2 Å². The summed E-state index contributed by atoms with van der Waals surface area (Å²) in [5.74, 6) is 2.47. The van der Waals surface area contributed by atoms with E-state index in [1.54, 1.807) is 7.11 Å². The lowest BCUT2D eigenvalue weighted by Crippen LogP contribution is -2.38. The largest absolute Gasteiger partial charge is 0.496 e. The van der Waals surface area contributed by atoms with Crippen LogP contribution < -0.4 is 15.2 Å². The number of hydrogen-bond acceptors (Lipinski definition) is 3. The molecule has 2 aliphatic heterocycles. The van der Waals surface area contributed by atoms with Crippen LogP contribution in [0.3, 0.4) is 0 Å². The van der Waals surface area contributed by atoms with Crippen LogP contribution in [-0.2, 0) is 13.0 Å². The van der Waals surface area contributed by atoms with E-state index in [1.807, 2.05) is 0 Å². The van der Waals surface area contributed by atoms with Gasteiger partial charge in [0.15, 0.2) is 5.96 Å². The van der Waals surface area contributed by atoms with E-state index >= 15 is 0 Å². The number of guanidine groups is 1. The van der Waals surface area contributed by atoms with Crippen molar-refractivity contribution in [2.75, 3.05) is 20.2 Å². The zero-order valence-corrected chi connectivity index (χ0v) is 14.2. The third-order valence-corrected chi connectivity index (χ3v) is 4.64. The Labute approximate surface area is 138 Å². The zero-order chi connectivity index (χ0) is 16.2. The zero-order valence-electron chi connectivity index (χ0n) is 14.2. The number of likely N-dealkylation sites (tertiary alicyclic amines) is 1. The van der Waals surface area contributed by atoms with Gasteiger partial charge in [-0.25, -0.2) is 4.99 Å². The minimum absolute atomic E-state index is 0.232. The number of methoxy groups -OCH3 is 1. The first-order chi connectivity index (χ1) is 11.2. The van der Waals surface area contributed by atoms with Gasteiger partial charge in [-0.05, 0) is 31.9 Å². The van der Waals surface area contributed by atoms with Crippen molar-refractivity contribution in [1.29, 1.82) is 0 Å². The van der Waals surface area contributed by atoms with Gasteiger partial charge in [0, 0.05) is 30.6 Å². The lowest BCUT2D eigenvalue weighted by Gasteiger charge is -2.21. The summed E-state index contributed by atoms with van der Waals surface area (Å²) in [6.07, 6.45) is 6.14. The van der Waals surface area contributed by atoms with Crippen molar-refractivity contribution in [2.24, 2.45) is 10.7 Å². The Morgan fingerprint density at radius 2 is 2.04 bits per heavy atom. The summed E-state index contributed by atoms with van der Waals surface area (Å²) < 4.78 is 11.4. The van der Waals surface area contributed by atoms with Crippen LogP contribution in [0.5, 0.6) is 11.5 Å².